The van der Waals surface area contributed by atoms with Crippen LogP contribution in [0.4, 0.5) is 0 Å². The molecule has 60 valence electrons. The highest BCUT2D eigenvalue weighted by atomic mass is 35.5. The molecule has 0 aliphatic rings. The smallest absolute Gasteiger partial charge is 0.188 e. The number of halogens is 1. The zero-order chi connectivity index (χ0) is 8.97. The van der Waals surface area contributed by atoms with Crippen molar-refractivity contribution in [3.8, 4) is 6.07 Å². The van der Waals surface area contributed by atoms with Gasteiger partial charge in [0.25, 0.3) is 0 Å². The van der Waals surface area contributed by atoms with Gasteiger partial charge >= 0.3 is 0 Å². The van der Waals surface area contributed by atoms with Gasteiger partial charge in [-0.25, -0.2) is 0 Å². The van der Waals surface area contributed by atoms with Crippen LogP contribution in [0.15, 0.2) is 29.4 Å². The summed E-state index contributed by atoms with van der Waals surface area (Å²) in [5.41, 5.74) is 0.352. The van der Waals surface area contributed by atoms with Gasteiger partial charge < -0.3 is 5.21 Å². The Morgan fingerprint density at radius 2 is 2.17 bits per heavy atom. The molecule has 0 aromatic heterocycles. The monoisotopic (exact) mass is 180 g/mol. The summed E-state index contributed by atoms with van der Waals surface area (Å²) >= 11 is 5.73. The molecule has 0 saturated heterocycles. The maximum atomic E-state index is 8.50. The van der Waals surface area contributed by atoms with Crippen molar-refractivity contribution in [3.63, 3.8) is 0 Å². The van der Waals surface area contributed by atoms with E-state index in [-0.39, 0.29) is 5.71 Å². The Balaban J connectivity index is 3.21. The van der Waals surface area contributed by atoms with Gasteiger partial charge in [-0.1, -0.05) is 35.0 Å². The molecular weight excluding hydrogens is 176 g/mol. The molecule has 1 aromatic carbocycles. The van der Waals surface area contributed by atoms with Crippen molar-refractivity contribution in [1.29, 1.82) is 5.26 Å². The first-order chi connectivity index (χ1) is 5.79. The zero-order valence-corrected chi connectivity index (χ0v) is 6.78. The number of rotatable bonds is 1. The van der Waals surface area contributed by atoms with Crippen molar-refractivity contribution >= 4 is 17.3 Å². The third kappa shape index (κ3) is 1.55. The molecule has 4 heteroatoms. The lowest BCUT2D eigenvalue weighted by atomic mass is 10.1. The van der Waals surface area contributed by atoms with Crippen molar-refractivity contribution in [3.05, 3.63) is 34.9 Å². The number of benzene rings is 1. The number of nitrogens with zero attached hydrogens (tertiary/aromatic N) is 2. The molecule has 0 saturated carbocycles. The van der Waals surface area contributed by atoms with E-state index in [1.165, 1.54) is 0 Å². The minimum atomic E-state index is -0.0828. The Morgan fingerprint density at radius 1 is 1.50 bits per heavy atom. The molecule has 0 heterocycles. The van der Waals surface area contributed by atoms with E-state index in [0.717, 1.165) is 0 Å². The number of nitriles is 1. The van der Waals surface area contributed by atoms with Gasteiger partial charge in [-0.05, 0) is 6.07 Å². The van der Waals surface area contributed by atoms with Crippen LogP contribution in [-0.2, 0) is 0 Å². The normalized spacial score (nSPS) is 10.8. The molecule has 0 amide bonds. The van der Waals surface area contributed by atoms with Crippen molar-refractivity contribution in [2.24, 2.45) is 5.16 Å². The molecule has 0 aliphatic heterocycles. The Hall–Kier alpha value is -1.53. The van der Waals surface area contributed by atoms with Crippen LogP contribution >= 0.6 is 11.6 Å². The summed E-state index contributed by atoms with van der Waals surface area (Å²) in [5.74, 6) is 0. The molecular formula is C8H5ClN2O. The molecule has 3 nitrogen and oxygen atoms in total. The Bertz CT molecular complexity index is 354. The lowest BCUT2D eigenvalue weighted by Crippen LogP contribution is -1.97. The molecule has 1 rings (SSSR count). The summed E-state index contributed by atoms with van der Waals surface area (Å²) in [6.07, 6.45) is 0. The first-order valence-electron chi connectivity index (χ1n) is 3.16. The maximum absolute atomic E-state index is 8.50. The molecule has 0 atom stereocenters. The predicted molar refractivity (Wildman–Crippen MR) is 45.4 cm³/mol. The topological polar surface area (TPSA) is 56.4 Å². The van der Waals surface area contributed by atoms with Gasteiger partial charge in [-0.3, -0.25) is 0 Å². The molecule has 12 heavy (non-hydrogen) atoms. The fourth-order valence-electron chi connectivity index (χ4n) is 0.790. The van der Waals surface area contributed by atoms with E-state index in [9.17, 15) is 0 Å². The summed E-state index contributed by atoms with van der Waals surface area (Å²) in [4.78, 5) is 0. The van der Waals surface area contributed by atoms with E-state index in [0.29, 0.717) is 10.6 Å². The molecule has 0 fully saturated rings. The quantitative estimate of drug-likeness (QED) is 0.409. The van der Waals surface area contributed by atoms with E-state index < -0.39 is 0 Å². The van der Waals surface area contributed by atoms with Crippen molar-refractivity contribution < 1.29 is 5.21 Å². The van der Waals surface area contributed by atoms with Crippen LogP contribution in [0.5, 0.6) is 0 Å². The summed E-state index contributed by atoms with van der Waals surface area (Å²) in [7, 11) is 0. The average Bonchev–Trinajstić information content (AvgIpc) is 2.10. The predicted octanol–water partition coefficient (Wildman–Crippen LogP) is 2.04. The standard InChI is InChI=1S/C8H5ClN2O/c9-7-4-2-1-3-6(7)8(5-10)11-12/h1-4,12H. The molecule has 1 N–H and O–H groups in total. The van der Waals surface area contributed by atoms with Crippen LogP contribution < -0.4 is 0 Å². The molecule has 0 radical (unpaired) electrons. The van der Waals surface area contributed by atoms with E-state index in [4.69, 9.17) is 22.1 Å². The molecule has 0 bridgehead atoms. The summed E-state index contributed by atoms with van der Waals surface area (Å²) in [6, 6.07) is 8.41. The minimum absolute atomic E-state index is 0.0828. The van der Waals surface area contributed by atoms with Gasteiger partial charge in [0.05, 0.1) is 5.02 Å². The lowest BCUT2D eigenvalue weighted by molar-refractivity contribution is 0.320. The Morgan fingerprint density at radius 3 is 2.67 bits per heavy atom. The zero-order valence-electron chi connectivity index (χ0n) is 6.03. The third-order valence-electron chi connectivity index (χ3n) is 1.33. The van der Waals surface area contributed by atoms with E-state index >= 15 is 0 Å². The highest BCUT2D eigenvalue weighted by Gasteiger charge is 2.05. The van der Waals surface area contributed by atoms with Crippen molar-refractivity contribution in [2.45, 2.75) is 0 Å². The highest BCUT2D eigenvalue weighted by Crippen LogP contribution is 2.15. The number of hydrogen-bond acceptors (Lipinski definition) is 3. The fraction of sp³-hybridized carbons (Fsp3) is 0. The maximum Gasteiger partial charge on any atom is 0.188 e. The summed E-state index contributed by atoms with van der Waals surface area (Å²) in [6.45, 7) is 0. The van der Waals surface area contributed by atoms with Gasteiger partial charge in [0.15, 0.2) is 5.71 Å². The fourth-order valence-corrected chi connectivity index (χ4v) is 1.01. The molecule has 0 spiro atoms. The summed E-state index contributed by atoms with van der Waals surface area (Å²) in [5, 5.41) is 20.1. The Labute approximate surface area is 74.5 Å². The minimum Gasteiger partial charge on any atom is -0.410 e. The highest BCUT2D eigenvalue weighted by molar-refractivity contribution is 6.35. The third-order valence-corrected chi connectivity index (χ3v) is 1.66. The van der Waals surface area contributed by atoms with Crippen LogP contribution in [0.2, 0.25) is 5.02 Å². The van der Waals surface area contributed by atoms with Gasteiger partial charge in [-0.15, -0.1) is 0 Å². The van der Waals surface area contributed by atoms with Gasteiger partial charge in [0.1, 0.15) is 6.07 Å². The van der Waals surface area contributed by atoms with E-state index in [2.05, 4.69) is 5.16 Å². The van der Waals surface area contributed by atoms with Crippen molar-refractivity contribution in [2.75, 3.05) is 0 Å². The van der Waals surface area contributed by atoms with Gasteiger partial charge in [0.2, 0.25) is 0 Å². The van der Waals surface area contributed by atoms with Crippen LogP contribution in [0, 0.1) is 11.3 Å². The first kappa shape index (κ1) is 8.57. The number of oxime groups is 1. The van der Waals surface area contributed by atoms with E-state index in [1.807, 2.05) is 0 Å². The van der Waals surface area contributed by atoms with Gasteiger partial charge in [-0.2, -0.15) is 5.26 Å². The van der Waals surface area contributed by atoms with Crippen LogP contribution in [0.25, 0.3) is 0 Å². The van der Waals surface area contributed by atoms with Crippen LogP contribution in [0.1, 0.15) is 5.56 Å². The first-order valence-corrected chi connectivity index (χ1v) is 3.54. The number of hydrogen-bond donors (Lipinski definition) is 1. The second-order valence-corrected chi connectivity index (χ2v) is 2.45. The Kier molecular flexibility index (Phi) is 2.67. The SMILES string of the molecule is N#CC(=NO)c1ccccc1Cl. The van der Waals surface area contributed by atoms with Crippen LogP contribution in [-0.4, -0.2) is 10.9 Å². The largest absolute Gasteiger partial charge is 0.410 e. The van der Waals surface area contributed by atoms with E-state index in [1.54, 1.807) is 30.3 Å². The van der Waals surface area contributed by atoms with Gasteiger partial charge in [0, 0.05) is 5.56 Å². The molecule has 0 unspecified atom stereocenters. The second-order valence-electron chi connectivity index (χ2n) is 2.04. The van der Waals surface area contributed by atoms with Crippen molar-refractivity contribution in [1.82, 2.24) is 0 Å². The second kappa shape index (κ2) is 3.74. The van der Waals surface area contributed by atoms with Crippen LogP contribution in [0.3, 0.4) is 0 Å². The summed E-state index contributed by atoms with van der Waals surface area (Å²) < 4.78 is 0. The lowest BCUT2D eigenvalue weighted by Gasteiger charge is -1.97. The molecule has 1 aromatic rings. The molecule has 0 aliphatic carbocycles. The average molecular weight is 181 g/mol.